The van der Waals surface area contributed by atoms with Gasteiger partial charge in [0.2, 0.25) is 0 Å². The number of rotatable bonds is 9. The zero-order valence-electron chi connectivity index (χ0n) is 33.2. The van der Waals surface area contributed by atoms with Crippen molar-refractivity contribution < 1.29 is 30.0 Å². The summed E-state index contributed by atoms with van der Waals surface area (Å²) in [6.45, 7) is 23.5. The Morgan fingerprint density at radius 3 is 2.11 bits per heavy atom. The van der Waals surface area contributed by atoms with Crippen LogP contribution in [0.5, 0.6) is 0 Å². The van der Waals surface area contributed by atoms with Crippen molar-refractivity contribution in [3.8, 4) is 38.9 Å². The van der Waals surface area contributed by atoms with E-state index < -0.39 is 0 Å². The fraction of sp³-hybridized carbons (Fsp3) is 0.383. The van der Waals surface area contributed by atoms with Crippen molar-refractivity contribution in [3.63, 3.8) is 0 Å². The molecule has 2 heterocycles. The van der Waals surface area contributed by atoms with E-state index in [1.165, 1.54) is 55.5 Å². The average molecular weight is 902 g/mol. The molecule has 5 aromatic rings. The Kier molecular flexibility index (Phi) is 13.5. The maximum atomic E-state index is 11.7. The summed E-state index contributed by atoms with van der Waals surface area (Å²) in [5.41, 5.74) is 15.1. The maximum Gasteiger partial charge on any atom is 0.162 e. The van der Waals surface area contributed by atoms with Crippen LogP contribution in [0.2, 0.25) is 0 Å². The van der Waals surface area contributed by atoms with E-state index >= 15 is 0 Å². The van der Waals surface area contributed by atoms with Crippen LogP contribution in [0.3, 0.4) is 0 Å². The summed E-state index contributed by atoms with van der Waals surface area (Å²) in [5, 5.41) is 20.8. The molecule has 0 saturated carbocycles. The van der Waals surface area contributed by atoms with Gasteiger partial charge in [0, 0.05) is 64.9 Å². The summed E-state index contributed by atoms with van der Waals surface area (Å²) in [6.07, 6.45) is 6.65. The number of ketones is 1. The van der Waals surface area contributed by atoms with Crippen LogP contribution < -0.4 is 0 Å². The zero-order valence-corrected chi connectivity index (χ0v) is 36.4. The number of hydrogen-bond acceptors (Lipinski definition) is 5. The smallest absolute Gasteiger partial charge is 0.162 e. The number of carbonyl (C=O) groups is 1. The molecule has 0 fully saturated rings. The Hall–Kier alpha value is -3.88. The number of aryl methyl sites for hydroxylation is 5. The van der Waals surface area contributed by atoms with Crippen LogP contribution in [-0.2, 0) is 30.3 Å². The Balaban J connectivity index is 0.000000335. The quantitative estimate of drug-likeness (QED) is 0.0908. The first-order chi connectivity index (χ1) is 24.7. The molecule has 53 heavy (non-hydrogen) atoms. The molecule has 0 unspecified atom stereocenters. The molecule has 4 nitrogen and oxygen atoms in total. The van der Waals surface area contributed by atoms with Crippen molar-refractivity contribution in [2.75, 3.05) is 0 Å². The van der Waals surface area contributed by atoms with Gasteiger partial charge in [-0.3, -0.25) is 4.79 Å². The number of nitriles is 1. The first-order valence-electron chi connectivity index (χ1n) is 18.8. The van der Waals surface area contributed by atoms with Crippen LogP contribution in [0.25, 0.3) is 42.9 Å². The number of aliphatic hydroxyl groups is 1. The van der Waals surface area contributed by atoms with E-state index in [9.17, 15) is 15.2 Å². The van der Waals surface area contributed by atoms with Crippen molar-refractivity contribution in [2.45, 2.75) is 107 Å². The van der Waals surface area contributed by atoms with Gasteiger partial charge in [-0.05, 0) is 86.6 Å². The van der Waals surface area contributed by atoms with Gasteiger partial charge in [0.05, 0.1) is 11.3 Å². The third-order valence-corrected chi connectivity index (χ3v) is 12.4. The van der Waals surface area contributed by atoms with Crippen LogP contribution in [0.15, 0.2) is 60.5 Å². The second kappa shape index (κ2) is 17.1. The summed E-state index contributed by atoms with van der Waals surface area (Å²) in [5.74, 6) is 0.547. The Morgan fingerprint density at radius 1 is 0.925 bits per heavy atom. The number of fused-ring (bicyclic) bond motifs is 4. The van der Waals surface area contributed by atoms with Gasteiger partial charge in [-0.1, -0.05) is 102 Å². The van der Waals surface area contributed by atoms with E-state index in [4.69, 9.17) is 4.98 Å². The molecule has 279 valence electrons. The number of aliphatic hydroxyl groups excluding tert-OH is 1. The van der Waals surface area contributed by atoms with Gasteiger partial charge in [-0.2, -0.15) is 5.26 Å². The van der Waals surface area contributed by atoms with Gasteiger partial charge in [0.1, 0.15) is 6.07 Å². The van der Waals surface area contributed by atoms with E-state index in [0.29, 0.717) is 5.56 Å². The van der Waals surface area contributed by atoms with Crippen molar-refractivity contribution in [1.82, 2.24) is 4.98 Å². The summed E-state index contributed by atoms with van der Waals surface area (Å²) in [4.78, 5) is 17.8. The molecule has 6 heteroatoms. The third kappa shape index (κ3) is 7.86. The number of thiophene rings is 1. The average Bonchev–Trinajstić information content (AvgIpc) is 3.56. The SMILES string of the molecule is CCC(CC)C(=O)/C=C(\O)C(CC)CC.Cc1cc(C)c(-c2sc3c(-c4[c-]c(C)c5c(c4)C(C)(C)c4ccccc4-5)ncc(C#N)c3c2C)c(C)c1.[Ir]. The molecule has 0 amide bonds. The van der Waals surface area contributed by atoms with E-state index in [1.54, 1.807) is 17.5 Å². The minimum absolute atomic E-state index is 0. The minimum Gasteiger partial charge on any atom is -0.512 e. The van der Waals surface area contributed by atoms with Gasteiger partial charge >= 0.3 is 0 Å². The van der Waals surface area contributed by atoms with Gasteiger partial charge in [0.25, 0.3) is 0 Å². The molecule has 3 aromatic carbocycles. The summed E-state index contributed by atoms with van der Waals surface area (Å²) in [6, 6.07) is 21.6. The number of aromatic nitrogens is 1. The first kappa shape index (κ1) is 41.9. The van der Waals surface area contributed by atoms with Crippen LogP contribution >= 0.6 is 11.3 Å². The monoisotopic (exact) mass is 902 g/mol. The van der Waals surface area contributed by atoms with E-state index in [1.807, 2.05) is 27.7 Å². The molecular formula is C47H53IrN2O2S-. The zero-order chi connectivity index (χ0) is 38.1. The standard InChI is InChI=1S/C34H29N2S.C13H24O2.Ir/c1-18-12-19(2)28(20(3)13-18)32-22(5)30-24(16-35)17-36-31(33(30)37-32)23-14-21(4)29-25-10-8-9-11-26(25)34(6,7)27(29)15-23;1-5-10(6-2)12(14)9-13(15)11(7-3)8-4;/h8-13,15,17H,1-7H3;9-11,14H,5-8H2,1-4H3;/q-1;;/b;12-9-;. The summed E-state index contributed by atoms with van der Waals surface area (Å²) in [7, 11) is 0. The van der Waals surface area contributed by atoms with E-state index in [0.717, 1.165) is 58.2 Å². The molecule has 1 aliphatic carbocycles. The first-order valence-corrected chi connectivity index (χ1v) is 19.6. The van der Waals surface area contributed by atoms with Gasteiger partial charge < -0.3 is 10.1 Å². The van der Waals surface area contributed by atoms with Crippen molar-refractivity contribution in [2.24, 2.45) is 11.8 Å². The van der Waals surface area contributed by atoms with Gasteiger partial charge in [0.15, 0.2) is 5.78 Å². The predicted octanol–water partition coefficient (Wildman–Crippen LogP) is 13.0. The second-order valence-corrected chi connectivity index (χ2v) is 16.0. The molecule has 0 atom stereocenters. The summed E-state index contributed by atoms with van der Waals surface area (Å²) >= 11 is 1.75. The molecule has 1 aliphatic rings. The fourth-order valence-corrected chi connectivity index (χ4v) is 9.68. The Bertz CT molecular complexity index is 2200. The normalized spacial score (nSPS) is 12.9. The third-order valence-electron chi connectivity index (χ3n) is 11.1. The number of pyridine rings is 1. The molecule has 0 bridgehead atoms. The molecule has 6 rings (SSSR count). The molecular weight excluding hydrogens is 849 g/mol. The topological polar surface area (TPSA) is 74.0 Å². The maximum absolute atomic E-state index is 11.7. The van der Waals surface area contributed by atoms with Crippen LogP contribution in [0.4, 0.5) is 0 Å². The molecule has 2 aromatic heterocycles. The van der Waals surface area contributed by atoms with Crippen molar-refractivity contribution >= 4 is 27.2 Å². The number of nitrogens with zero attached hydrogens (tertiary/aromatic N) is 2. The van der Waals surface area contributed by atoms with Crippen LogP contribution in [0.1, 0.15) is 112 Å². The van der Waals surface area contributed by atoms with Crippen LogP contribution in [-0.4, -0.2) is 15.9 Å². The molecule has 1 N–H and O–H groups in total. The minimum atomic E-state index is -0.0983. The number of hydrogen-bond donors (Lipinski definition) is 1. The predicted molar refractivity (Wildman–Crippen MR) is 219 cm³/mol. The van der Waals surface area contributed by atoms with E-state index in [-0.39, 0.29) is 48.9 Å². The summed E-state index contributed by atoms with van der Waals surface area (Å²) < 4.78 is 1.06. The van der Waals surface area contributed by atoms with Gasteiger partial charge in [-0.15, -0.1) is 40.2 Å². The van der Waals surface area contributed by atoms with Gasteiger partial charge in [-0.25, -0.2) is 0 Å². The Labute approximate surface area is 334 Å². The Morgan fingerprint density at radius 2 is 1.53 bits per heavy atom. The second-order valence-electron chi connectivity index (χ2n) is 14.9. The van der Waals surface area contributed by atoms with E-state index in [2.05, 4.69) is 103 Å². The number of carbonyl (C=O) groups excluding carboxylic acids is 1. The molecule has 1 radical (unpaired) electrons. The number of allylic oxidation sites excluding steroid dienone is 2. The van der Waals surface area contributed by atoms with Crippen molar-refractivity contribution in [3.05, 3.63) is 111 Å². The molecule has 0 saturated heterocycles. The van der Waals surface area contributed by atoms with Crippen LogP contribution in [0, 0.1) is 63.9 Å². The largest absolute Gasteiger partial charge is 0.512 e. The fourth-order valence-electron chi connectivity index (χ4n) is 8.17. The molecule has 0 aliphatic heterocycles. The molecule has 0 spiro atoms. The van der Waals surface area contributed by atoms with Crippen molar-refractivity contribution in [1.29, 1.82) is 5.26 Å². The number of benzene rings is 3.